The van der Waals surface area contributed by atoms with Gasteiger partial charge in [-0.2, -0.15) is 4.98 Å². The number of hydrogen-bond acceptors (Lipinski definition) is 8. The topological polar surface area (TPSA) is 92.6 Å². The molecule has 1 aliphatic rings. The van der Waals surface area contributed by atoms with Gasteiger partial charge in [0.15, 0.2) is 5.65 Å². The van der Waals surface area contributed by atoms with Gasteiger partial charge in [-0.05, 0) is 39.1 Å². The minimum Gasteiger partial charge on any atom is -0.462 e. The molecule has 3 heterocycles. The summed E-state index contributed by atoms with van der Waals surface area (Å²) >= 11 is 0. The summed E-state index contributed by atoms with van der Waals surface area (Å²) in [6.45, 7) is 8.04. The molecule has 0 amide bonds. The van der Waals surface area contributed by atoms with Gasteiger partial charge in [0, 0.05) is 50.8 Å². The van der Waals surface area contributed by atoms with Gasteiger partial charge in [0.25, 0.3) is 0 Å². The zero-order chi connectivity index (χ0) is 23.2. The maximum atomic E-state index is 13.0. The van der Waals surface area contributed by atoms with Crippen molar-refractivity contribution < 1.29 is 9.53 Å². The molecule has 0 spiro atoms. The van der Waals surface area contributed by atoms with E-state index < -0.39 is 11.4 Å². The molecular weight excluding hydrogens is 420 g/mol. The van der Waals surface area contributed by atoms with E-state index in [2.05, 4.69) is 32.1 Å². The van der Waals surface area contributed by atoms with Crippen LogP contribution in [0.2, 0.25) is 0 Å². The van der Waals surface area contributed by atoms with Crippen molar-refractivity contribution in [3.63, 3.8) is 0 Å². The van der Waals surface area contributed by atoms with Gasteiger partial charge in [-0.15, -0.1) is 0 Å². The Hall–Kier alpha value is -3.30. The van der Waals surface area contributed by atoms with Crippen molar-refractivity contribution >= 4 is 23.0 Å². The van der Waals surface area contributed by atoms with Crippen LogP contribution in [0.5, 0.6) is 0 Å². The van der Waals surface area contributed by atoms with E-state index >= 15 is 0 Å². The van der Waals surface area contributed by atoms with Crippen LogP contribution in [0.4, 0.5) is 5.95 Å². The highest BCUT2D eigenvalue weighted by atomic mass is 16.5. The molecule has 33 heavy (non-hydrogen) atoms. The van der Waals surface area contributed by atoms with E-state index in [1.54, 1.807) is 11.5 Å². The summed E-state index contributed by atoms with van der Waals surface area (Å²) in [5.74, 6) is -0.200. The van der Waals surface area contributed by atoms with Crippen LogP contribution in [0.15, 0.2) is 47.5 Å². The maximum absolute atomic E-state index is 13.0. The standard InChI is InChI=1S/C24H30N6O3/c1-3-33-23(32)20-17-30(18-8-5-4-6-9-18)22-19(21(20)31)16-26-24(27-22)25-10-7-11-29-14-12-28(2)13-15-29/h4-6,8-9,16-17H,3,7,10-15H2,1-2H3,(H,25,26,27). The summed E-state index contributed by atoms with van der Waals surface area (Å²) in [6, 6.07) is 9.47. The molecule has 0 saturated carbocycles. The average molecular weight is 451 g/mol. The van der Waals surface area contributed by atoms with E-state index in [0.29, 0.717) is 11.6 Å². The lowest BCUT2D eigenvalue weighted by Gasteiger charge is -2.32. The van der Waals surface area contributed by atoms with Gasteiger partial charge in [0.2, 0.25) is 11.4 Å². The fourth-order valence-corrected chi connectivity index (χ4v) is 3.91. The molecule has 0 radical (unpaired) electrons. The first-order chi connectivity index (χ1) is 16.1. The maximum Gasteiger partial charge on any atom is 0.343 e. The second-order valence-electron chi connectivity index (χ2n) is 8.15. The number of hydrogen-bond donors (Lipinski definition) is 1. The van der Waals surface area contributed by atoms with Crippen molar-refractivity contribution in [2.75, 3.05) is 58.2 Å². The van der Waals surface area contributed by atoms with Crippen LogP contribution in [-0.4, -0.2) is 83.2 Å². The van der Waals surface area contributed by atoms with Gasteiger partial charge in [-0.1, -0.05) is 18.2 Å². The van der Waals surface area contributed by atoms with Crippen LogP contribution < -0.4 is 10.7 Å². The zero-order valence-corrected chi connectivity index (χ0v) is 19.2. The number of carbonyl (C=O) groups is 1. The summed E-state index contributed by atoms with van der Waals surface area (Å²) in [5.41, 5.74) is 0.755. The second kappa shape index (κ2) is 10.5. The molecule has 1 aliphatic heterocycles. The molecule has 0 aliphatic carbocycles. The summed E-state index contributed by atoms with van der Waals surface area (Å²) in [6.07, 6.45) is 3.95. The first kappa shape index (κ1) is 22.9. The Bertz CT molecular complexity index is 1160. The lowest BCUT2D eigenvalue weighted by Crippen LogP contribution is -2.44. The van der Waals surface area contributed by atoms with Gasteiger partial charge < -0.3 is 24.4 Å². The number of esters is 1. The highest BCUT2D eigenvalue weighted by Gasteiger charge is 2.19. The highest BCUT2D eigenvalue weighted by Crippen LogP contribution is 2.17. The fraction of sp³-hybridized carbons (Fsp3) is 0.417. The number of piperazine rings is 1. The minimum atomic E-state index is -0.653. The van der Waals surface area contributed by atoms with Crippen molar-refractivity contribution in [3.8, 4) is 5.69 Å². The lowest BCUT2D eigenvalue weighted by atomic mass is 10.2. The first-order valence-electron chi connectivity index (χ1n) is 11.4. The third kappa shape index (κ3) is 5.37. The summed E-state index contributed by atoms with van der Waals surface area (Å²) < 4.78 is 6.82. The summed E-state index contributed by atoms with van der Waals surface area (Å²) in [4.78, 5) is 39.1. The number of nitrogens with one attached hydrogen (secondary N) is 1. The molecule has 3 aromatic rings. The molecule has 1 aromatic carbocycles. The van der Waals surface area contributed by atoms with E-state index in [0.717, 1.165) is 51.4 Å². The molecule has 174 valence electrons. The molecule has 1 saturated heterocycles. The first-order valence-corrected chi connectivity index (χ1v) is 11.4. The third-order valence-corrected chi connectivity index (χ3v) is 5.80. The number of benzene rings is 1. The average Bonchev–Trinajstić information content (AvgIpc) is 2.84. The molecule has 4 rings (SSSR count). The van der Waals surface area contributed by atoms with Crippen LogP contribution in [0, 0.1) is 0 Å². The van der Waals surface area contributed by atoms with Crippen molar-refractivity contribution in [3.05, 3.63) is 58.5 Å². The summed E-state index contributed by atoms with van der Waals surface area (Å²) in [5, 5.41) is 3.55. The molecule has 2 aromatic heterocycles. The Morgan fingerprint density at radius 3 is 2.64 bits per heavy atom. The monoisotopic (exact) mass is 450 g/mol. The molecular formula is C24H30N6O3. The predicted octanol–water partition coefficient (Wildman–Crippen LogP) is 2.01. The van der Waals surface area contributed by atoms with Crippen LogP contribution in [0.25, 0.3) is 16.7 Å². The van der Waals surface area contributed by atoms with Crippen LogP contribution >= 0.6 is 0 Å². The normalized spacial score (nSPS) is 15.0. The van der Waals surface area contributed by atoms with Gasteiger partial charge in [-0.3, -0.25) is 4.79 Å². The van der Waals surface area contributed by atoms with E-state index in [9.17, 15) is 9.59 Å². The Morgan fingerprint density at radius 2 is 1.91 bits per heavy atom. The van der Waals surface area contributed by atoms with Crippen molar-refractivity contribution in [1.29, 1.82) is 0 Å². The molecule has 1 N–H and O–H groups in total. The Balaban J connectivity index is 1.57. The quantitative estimate of drug-likeness (QED) is 0.412. The second-order valence-corrected chi connectivity index (χ2v) is 8.15. The largest absolute Gasteiger partial charge is 0.462 e. The lowest BCUT2D eigenvalue weighted by molar-refractivity contribution is 0.0524. The van der Waals surface area contributed by atoms with Gasteiger partial charge >= 0.3 is 5.97 Å². The molecule has 0 unspecified atom stereocenters. The number of carbonyl (C=O) groups excluding carboxylic acids is 1. The number of rotatable bonds is 8. The highest BCUT2D eigenvalue weighted by molar-refractivity contribution is 5.93. The summed E-state index contributed by atoms with van der Waals surface area (Å²) in [7, 11) is 2.15. The molecule has 0 atom stereocenters. The number of pyridine rings is 1. The molecule has 0 bridgehead atoms. The molecule has 9 heteroatoms. The fourth-order valence-electron chi connectivity index (χ4n) is 3.91. The molecule has 9 nitrogen and oxygen atoms in total. The number of aromatic nitrogens is 3. The third-order valence-electron chi connectivity index (χ3n) is 5.80. The van der Waals surface area contributed by atoms with E-state index in [1.807, 2.05) is 30.3 Å². The smallest absolute Gasteiger partial charge is 0.343 e. The predicted molar refractivity (Wildman–Crippen MR) is 128 cm³/mol. The van der Waals surface area contributed by atoms with Gasteiger partial charge in [0.1, 0.15) is 5.56 Å². The van der Waals surface area contributed by atoms with Gasteiger partial charge in [0.05, 0.1) is 12.0 Å². The number of anilines is 1. The van der Waals surface area contributed by atoms with Crippen LogP contribution in [0.1, 0.15) is 23.7 Å². The zero-order valence-electron chi connectivity index (χ0n) is 19.2. The number of likely N-dealkylation sites (N-methyl/N-ethyl adjacent to an activating group) is 1. The van der Waals surface area contributed by atoms with Crippen LogP contribution in [0.3, 0.4) is 0 Å². The minimum absolute atomic E-state index is 0.0373. The number of ether oxygens (including phenoxy) is 1. The number of para-hydroxylation sites is 1. The number of nitrogens with zero attached hydrogens (tertiary/aromatic N) is 5. The van der Waals surface area contributed by atoms with Crippen molar-refractivity contribution in [2.45, 2.75) is 13.3 Å². The molecule has 1 fully saturated rings. The van der Waals surface area contributed by atoms with Crippen molar-refractivity contribution in [1.82, 2.24) is 24.3 Å². The van der Waals surface area contributed by atoms with Crippen LogP contribution in [-0.2, 0) is 4.74 Å². The Kier molecular flexibility index (Phi) is 7.31. The Morgan fingerprint density at radius 1 is 1.15 bits per heavy atom. The van der Waals surface area contributed by atoms with E-state index in [4.69, 9.17) is 4.74 Å². The Labute approximate surface area is 193 Å². The number of fused-ring (bicyclic) bond motifs is 1. The van der Waals surface area contributed by atoms with E-state index in [-0.39, 0.29) is 17.6 Å². The van der Waals surface area contributed by atoms with E-state index in [1.165, 1.54) is 12.4 Å². The van der Waals surface area contributed by atoms with Gasteiger partial charge in [-0.25, -0.2) is 9.78 Å². The van der Waals surface area contributed by atoms with Crippen molar-refractivity contribution in [2.24, 2.45) is 0 Å². The SMILES string of the molecule is CCOC(=O)c1cn(-c2ccccc2)c2nc(NCCCN3CCN(C)CC3)ncc2c1=O.